The molecule has 2 aromatic carbocycles. The van der Waals surface area contributed by atoms with E-state index in [4.69, 9.17) is 9.72 Å². The monoisotopic (exact) mass is 827 g/mol. The molecule has 58 heavy (non-hydrogen) atoms. The number of halogens is 3. The maximum absolute atomic E-state index is 15.0. The van der Waals surface area contributed by atoms with Crippen LogP contribution >= 0.6 is 0 Å². The van der Waals surface area contributed by atoms with Crippen molar-refractivity contribution >= 4 is 55.5 Å². The second-order valence-corrected chi connectivity index (χ2v) is 18.8. The Morgan fingerprint density at radius 2 is 1.66 bits per heavy atom. The van der Waals surface area contributed by atoms with Gasteiger partial charge in [-0.2, -0.15) is 13.2 Å². The Balaban J connectivity index is 1.31. The van der Waals surface area contributed by atoms with E-state index < -0.39 is 86.4 Å². The zero-order valence-corrected chi connectivity index (χ0v) is 33.5. The second kappa shape index (κ2) is 15.0. The van der Waals surface area contributed by atoms with Crippen LogP contribution in [0.25, 0.3) is 21.7 Å². The Kier molecular flexibility index (Phi) is 10.7. The van der Waals surface area contributed by atoms with Gasteiger partial charge in [-0.1, -0.05) is 62.4 Å². The quantitative estimate of drug-likeness (QED) is 0.193. The van der Waals surface area contributed by atoms with Crippen molar-refractivity contribution in [1.29, 1.82) is 0 Å². The maximum Gasteiger partial charge on any atom is 0.411 e. The van der Waals surface area contributed by atoms with E-state index in [1.54, 1.807) is 24.3 Å². The van der Waals surface area contributed by atoms with Crippen LogP contribution in [0.4, 0.5) is 18.0 Å². The van der Waals surface area contributed by atoms with Gasteiger partial charge in [-0.05, 0) is 81.7 Å². The normalized spacial score (nSPS) is 29.1. The number of carbonyl (C=O) groups is 4. The van der Waals surface area contributed by atoms with Crippen LogP contribution in [0, 0.1) is 17.8 Å². The van der Waals surface area contributed by atoms with E-state index in [2.05, 4.69) is 10.0 Å². The Morgan fingerprint density at radius 1 is 1.00 bits per heavy atom. The molecule has 0 bridgehead atoms. The molecule has 7 rings (SSSR count). The molecule has 13 nitrogen and oxygen atoms in total. The Labute approximate surface area is 334 Å². The molecule has 7 atom stereocenters. The molecule has 3 aromatic rings. The first-order valence-corrected chi connectivity index (χ1v) is 21.2. The van der Waals surface area contributed by atoms with Gasteiger partial charge in [0.15, 0.2) is 0 Å². The van der Waals surface area contributed by atoms with Crippen LogP contribution in [0.5, 0.6) is 5.88 Å². The Morgan fingerprint density at radius 3 is 2.31 bits per heavy atom. The van der Waals surface area contributed by atoms with Gasteiger partial charge in [-0.15, -0.1) is 0 Å². The molecule has 4 amide bonds. The third kappa shape index (κ3) is 7.69. The number of ether oxygens (including phenoxy) is 1. The van der Waals surface area contributed by atoms with Gasteiger partial charge in [0.05, 0.1) is 17.3 Å². The fourth-order valence-corrected chi connectivity index (χ4v) is 9.97. The zero-order valence-electron chi connectivity index (χ0n) is 32.7. The predicted octanol–water partition coefficient (Wildman–Crippen LogP) is 5.92. The van der Waals surface area contributed by atoms with Crippen LogP contribution in [0.15, 0.2) is 60.7 Å². The summed E-state index contributed by atoms with van der Waals surface area (Å²) in [6.07, 6.45) is -2.64. The van der Waals surface area contributed by atoms with Crippen molar-refractivity contribution in [1.82, 2.24) is 24.8 Å². The third-order valence-corrected chi connectivity index (χ3v) is 14.0. The van der Waals surface area contributed by atoms with Crippen LogP contribution in [0.3, 0.4) is 0 Å². The van der Waals surface area contributed by atoms with Crippen LogP contribution in [0.2, 0.25) is 0 Å². The zero-order chi connectivity index (χ0) is 41.9. The lowest BCUT2D eigenvalue weighted by molar-refractivity contribution is -0.222. The topological polar surface area (TPSA) is 175 Å². The number of carboxylic acid groups (broad SMARTS) is 1. The molecular weight excluding hydrogens is 780 g/mol. The molecule has 0 unspecified atom stereocenters. The molecule has 2 saturated carbocycles. The molecule has 0 spiro atoms. The highest BCUT2D eigenvalue weighted by molar-refractivity contribution is 7.91. The molecule has 312 valence electrons. The molecule has 1 aromatic heterocycles. The van der Waals surface area contributed by atoms with E-state index in [1.807, 2.05) is 43.3 Å². The first-order chi connectivity index (χ1) is 27.2. The molecule has 0 radical (unpaired) electrons. The van der Waals surface area contributed by atoms with Gasteiger partial charge in [0.2, 0.25) is 27.7 Å². The lowest BCUT2D eigenvalue weighted by atomic mass is 9.85. The predicted molar refractivity (Wildman–Crippen MR) is 208 cm³/mol. The molecule has 17 heteroatoms. The highest BCUT2D eigenvalue weighted by Gasteiger charge is 2.63. The van der Waals surface area contributed by atoms with Crippen molar-refractivity contribution in [3.8, 4) is 5.88 Å². The Hall–Kier alpha value is -4.93. The van der Waals surface area contributed by atoms with Gasteiger partial charge in [-0.25, -0.2) is 18.2 Å². The summed E-state index contributed by atoms with van der Waals surface area (Å²) in [4.78, 5) is 62.3. The highest BCUT2D eigenvalue weighted by Crippen LogP contribution is 2.47. The van der Waals surface area contributed by atoms with E-state index in [9.17, 15) is 41.1 Å². The van der Waals surface area contributed by atoms with Gasteiger partial charge >= 0.3 is 12.3 Å². The first kappa shape index (κ1) is 41.2. The van der Waals surface area contributed by atoms with Gasteiger partial charge in [-0.3, -0.25) is 24.0 Å². The SMILES string of the molecule is C[C@H]1CC/C=C\[C@@H]2C[C@@]2(C(=O)NS(=O)(=O)C2CC2)NC(=O)[C@@H]2C[C@@H](Oc3nc4ccccc4c4ccccc34)CN2C(=O)[C@@H](N(C(=O)O)C(C)(C)C(F)(F)F)[C@H](C)C1. The number of hydrogen-bond acceptors (Lipinski definition) is 8. The minimum Gasteiger partial charge on any atom is -0.472 e. The summed E-state index contributed by atoms with van der Waals surface area (Å²) in [6.45, 7) is 4.46. The molecule has 3 fully saturated rings. The number of hydrogen-bond donors (Lipinski definition) is 3. The average Bonchev–Trinajstić information content (AvgIpc) is 4.08. The number of para-hydroxylation sites is 1. The molecule has 2 aliphatic heterocycles. The van der Waals surface area contributed by atoms with Crippen molar-refractivity contribution in [3.05, 3.63) is 60.7 Å². The largest absolute Gasteiger partial charge is 0.472 e. The summed E-state index contributed by atoms with van der Waals surface area (Å²) in [6, 6.07) is 11.4. The minimum absolute atomic E-state index is 0.0661. The van der Waals surface area contributed by atoms with Crippen LogP contribution in [-0.2, 0) is 24.4 Å². The molecular formula is C41H48F3N5O8S. The van der Waals surface area contributed by atoms with Crippen molar-refractivity contribution in [3.63, 3.8) is 0 Å². The number of benzene rings is 2. The number of fused-ring (bicyclic) bond motifs is 5. The summed E-state index contributed by atoms with van der Waals surface area (Å²) in [5.41, 5.74) is -4.11. The van der Waals surface area contributed by atoms with E-state index in [0.29, 0.717) is 50.4 Å². The van der Waals surface area contributed by atoms with Crippen molar-refractivity contribution in [2.45, 2.75) is 113 Å². The lowest BCUT2D eigenvalue weighted by Gasteiger charge is -2.45. The van der Waals surface area contributed by atoms with E-state index in [-0.39, 0.29) is 42.5 Å². The summed E-state index contributed by atoms with van der Waals surface area (Å²) in [5.74, 6) is -4.34. The number of pyridine rings is 1. The molecule has 2 aliphatic carbocycles. The molecule has 3 heterocycles. The van der Waals surface area contributed by atoms with Gasteiger partial charge in [0, 0.05) is 23.1 Å². The molecule has 3 N–H and O–H groups in total. The second-order valence-electron chi connectivity index (χ2n) is 16.9. The fraction of sp³-hybridized carbons (Fsp3) is 0.537. The van der Waals surface area contributed by atoms with Crippen molar-refractivity contribution in [2.75, 3.05) is 6.54 Å². The number of sulfonamides is 1. The third-order valence-electron chi connectivity index (χ3n) is 12.2. The fourth-order valence-electron chi connectivity index (χ4n) is 8.61. The van der Waals surface area contributed by atoms with Crippen LogP contribution in [0.1, 0.15) is 72.6 Å². The van der Waals surface area contributed by atoms with Gasteiger partial charge in [0.25, 0.3) is 5.91 Å². The summed E-state index contributed by atoms with van der Waals surface area (Å²) in [7, 11) is -4.02. The molecule has 1 saturated heterocycles. The number of allylic oxidation sites excluding steroid dienone is 1. The summed E-state index contributed by atoms with van der Waals surface area (Å²) in [5, 5.41) is 14.8. The number of aromatic nitrogens is 1. The van der Waals surface area contributed by atoms with E-state index in [0.717, 1.165) is 15.7 Å². The van der Waals surface area contributed by atoms with Gasteiger partial charge < -0.3 is 20.1 Å². The van der Waals surface area contributed by atoms with E-state index >= 15 is 4.79 Å². The van der Waals surface area contributed by atoms with Crippen LogP contribution < -0.4 is 14.8 Å². The summed E-state index contributed by atoms with van der Waals surface area (Å²) < 4.78 is 78.6. The van der Waals surface area contributed by atoms with Crippen LogP contribution in [-0.4, -0.2) is 99.4 Å². The molecule has 4 aliphatic rings. The van der Waals surface area contributed by atoms with Gasteiger partial charge in [0.1, 0.15) is 29.3 Å². The smallest absolute Gasteiger partial charge is 0.411 e. The lowest BCUT2D eigenvalue weighted by Crippen LogP contribution is -2.66. The van der Waals surface area contributed by atoms with Crippen molar-refractivity contribution in [2.24, 2.45) is 17.8 Å². The number of nitrogens with zero attached hydrogens (tertiary/aromatic N) is 3. The minimum atomic E-state index is -5.09. The van der Waals surface area contributed by atoms with E-state index in [1.165, 1.54) is 6.92 Å². The Bertz CT molecular complexity index is 2280. The number of carbonyl (C=O) groups excluding carboxylic acids is 3. The van der Waals surface area contributed by atoms with Crippen molar-refractivity contribution < 1.29 is 50.6 Å². The summed E-state index contributed by atoms with van der Waals surface area (Å²) >= 11 is 0. The number of alkyl halides is 3. The first-order valence-electron chi connectivity index (χ1n) is 19.6. The highest BCUT2D eigenvalue weighted by atomic mass is 32.2. The average molecular weight is 828 g/mol. The standard InChI is InChI=1S/C41H48F3N5O8S/c1-23-11-5-6-12-25-21-40(25,37(52)47-58(55,56)27-17-18-27)46-34(50)32-20-26(57-35-30-15-8-7-13-28(30)29-14-9-10-16-31(29)45-35)22-48(32)36(51)33(24(2)19-23)49(38(53)54)39(3,4)41(42,43)44/h6-10,12-16,23-27,32-33H,5,11,17-22H2,1-4H3,(H,46,50)(H,47,52)(H,53,54)/b12-6-/t23-,24+,25+,26+,32-,33-,40+/m0/s1. The number of nitrogens with one attached hydrogen (secondary N) is 2. The maximum atomic E-state index is 15.0. The number of amides is 4. The number of rotatable bonds is 7.